The zero-order valence-corrected chi connectivity index (χ0v) is 18.7. The highest BCUT2D eigenvalue weighted by Gasteiger charge is 2.29. The summed E-state index contributed by atoms with van der Waals surface area (Å²) >= 11 is 0. The summed E-state index contributed by atoms with van der Waals surface area (Å²) in [7, 11) is -3.77. The van der Waals surface area contributed by atoms with Crippen molar-refractivity contribution in [3.63, 3.8) is 0 Å². The predicted octanol–water partition coefficient (Wildman–Crippen LogP) is 2.65. The highest BCUT2D eigenvalue weighted by atomic mass is 32.2. The Hall–Kier alpha value is -3.30. The molecule has 0 atom stereocenters. The molecule has 1 saturated heterocycles. The van der Waals surface area contributed by atoms with Crippen LogP contribution in [-0.4, -0.2) is 60.6 Å². The number of hydrogen-bond acceptors (Lipinski definition) is 5. The van der Waals surface area contributed by atoms with Crippen molar-refractivity contribution in [3.05, 3.63) is 65.9 Å². The summed E-state index contributed by atoms with van der Waals surface area (Å²) in [5, 5.41) is 3.69. The van der Waals surface area contributed by atoms with Crippen LogP contribution in [0, 0.1) is 6.92 Å². The van der Waals surface area contributed by atoms with Crippen LogP contribution in [0.4, 0.5) is 5.69 Å². The number of rotatable bonds is 4. The summed E-state index contributed by atoms with van der Waals surface area (Å²) in [4.78, 5) is 30.4. The lowest BCUT2D eigenvalue weighted by molar-refractivity contribution is -0.129. The second-order valence-electron chi connectivity index (χ2n) is 7.77. The minimum atomic E-state index is -3.77. The van der Waals surface area contributed by atoms with Gasteiger partial charge in [-0.15, -0.1) is 0 Å². The van der Waals surface area contributed by atoms with Gasteiger partial charge in [0.25, 0.3) is 5.91 Å². The number of hydrogen-bond donors (Lipinski definition) is 1. The SMILES string of the molecule is CC(=O)N1CCN(S(=O)(=O)c2cccc(C(=O)Nc3ccnc4ccc(C)cc34)c2)CC1. The van der Waals surface area contributed by atoms with E-state index in [0.29, 0.717) is 18.8 Å². The van der Waals surface area contributed by atoms with Crippen molar-refractivity contribution < 1.29 is 18.0 Å². The predicted molar refractivity (Wildman–Crippen MR) is 122 cm³/mol. The molecule has 2 aromatic carbocycles. The van der Waals surface area contributed by atoms with E-state index < -0.39 is 15.9 Å². The molecule has 2 amide bonds. The van der Waals surface area contributed by atoms with Gasteiger partial charge in [-0.1, -0.05) is 17.7 Å². The van der Waals surface area contributed by atoms with Crippen molar-refractivity contribution in [2.75, 3.05) is 31.5 Å². The summed E-state index contributed by atoms with van der Waals surface area (Å²) in [6.45, 7) is 4.58. The van der Waals surface area contributed by atoms with Crippen molar-refractivity contribution in [2.45, 2.75) is 18.7 Å². The molecule has 0 spiro atoms. The lowest BCUT2D eigenvalue weighted by atomic mass is 10.1. The minimum Gasteiger partial charge on any atom is -0.340 e. The lowest BCUT2D eigenvalue weighted by Crippen LogP contribution is -2.49. The maximum absolute atomic E-state index is 13.1. The topological polar surface area (TPSA) is 99.7 Å². The first-order valence-corrected chi connectivity index (χ1v) is 11.7. The number of benzene rings is 2. The molecule has 0 radical (unpaired) electrons. The van der Waals surface area contributed by atoms with Crippen LogP contribution in [-0.2, 0) is 14.8 Å². The van der Waals surface area contributed by atoms with Gasteiger partial charge >= 0.3 is 0 Å². The standard InChI is InChI=1S/C23H24N4O4S/c1-16-6-7-21-20(14-16)22(8-9-24-21)25-23(29)18-4-3-5-19(15-18)32(30,31)27-12-10-26(11-13-27)17(2)28/h3-9,14-15H,10-13H2,1-2H3,(H,24,25,29). The smallest absolute Gasteiger partial charge is 0.255 e. The highest BCUT2D eigenvalue weighted by molar-refractivity contribution is 7.89. The van der Waals surface area contributed by atoms with Gasteiger partial charge in [-0.3, -0.25) is 14.6 Å². The van der Waals surface area contributed by atoms with Gasteiger partial charge in [0.2, 0.25) is 15.9 Å². The highest BCUT2D eigenvalue weighted by Crippen LogP contribution is 2.24. The van der Waals surface area contributed by atoms with Gasteiger partial charge in [0.15, 0.2) is 0 Å². The largest absolute Gasteiger partial charge is 0.340 e. The van der Waals surface area contributed by atoms with Crippen molar-refractivity contribution in [3.8, 4) is 0 Å². The van der Waals surface area contributed by atoms with Crippen molar-refractivity contribution >= 4 is 38.4 Å². The van der Waals surface area contributed by atoms with Crippen LogP contribution in [0.3, 0.4) is 0 Å². The third-order valence-corrected chi connectivity index (χ3v) is 7.46. The second kappa shape index (κ2) is 8.68. The van der Waals surface area contributed by atoms with E-state index in [1.165, 1.54) is 23.4 Å². The average molecular weight is 453 g/mol. The second-order valence-corrected chi connectivity index (χ2v) is 9.71. The molecule has 1 fully saturated rings. The molecule has 0 saturated carbocycles. The van der Waals surface area contributed by atoms with Gasteiger partial charge in [0.05, 0.1) is 16.1 Å². The first-order chi connectivity index (χ1) is 15.3. The number of carbonyl (C=O) groups excluding carboxylic acids is 2. The summed E-state index contributed by atoms with van der Waals surface area (Å²) in [6.07, 6.45) is 1.62. The fourth-order valence-corrected chi connectivity index (χ4v) is 5.22. The van der Waals surface area contributed by atoms with Crippen LogP contribution in [0.1, 0.15) is 22.8 Å². The fourth-order valence-electron chi connectivity index (χ4n) is 3.75. The van der Waals surface area contributed by atoms with Gasteiger partial charge in [0.1, 0.15) is 0 Å². The Morgan fingerprint density at radius 1 is 1.00 bits per heavy atom. The third-order valence-electron chi connectivity index (χ3n) is 5.56. The first kappa shape index (κ1) is 21.9. The number of sulfonamides is 1. The molecule has 0 bridgehead atoms. The molecule has 2 heterocycles. The van der Waals surface area contributed by atoms with Gasteiger partial charge < -0.3 is 10.2 Å². The molecule has 4 rings (SSSR count). The van der Waals surface area contributed by atoms with Gasteiger partial charge in [0, 0.05) is 50.2 Å². The summed E-state index contributed by atoms with van der Waals surface area (Å²) < 4.78 is 27.5. The molecular weight excluding hydrogens is 428 g/mol. The lowest BCUT2D eigenvalue weighted by Gasteiger charge is -2.33. The van der Waals surface area contributed by atoms with E-state index in [9.17, 15) is 18.0 Å². The van der Waals surface area contributed by atoms with Gasteiger partial charge in [-0.05, 0) is 43.3 Å². The van der Waals surface area contributed by atoms with Crippen LogP contribution >= 0.6 is 0 Å². The molecule has 3 aromatic rings. The quantitative estimate of drug-likeness (QED) is 0.656. The molecule has 32 heavy (non-hydrogen) atoms. The van der Waals surface area contributed by atoms with Crippen molar-refractivity contribution in [1.29, 1.82) is 0 Å². The fraction of sp³-hybridized carbons (Fsp3) is 0.261. The Morgan fingerprint density at radius 3 is 2.47 bits per heavy atom. The maximum atomic E-state index is 13.1. The van der Waals surface area contributed by atoms with Crippen molar-refractivity contribution in [1.82, 2.24) is 14.2 Å². The molecule has 8 nitrogen and oxygen atoms in total. The summed E-state index contributed by atoms with van der Waals surface area (Å²) in [6, 6.07) is 13.5. The van der Waals surface area contributed by atoms with E-state index in [2.05, 4.69) is 10.3 Å². The van der Waals surface area contributed by atoms with E-state index in [1.54, 1.807) is 29.3 Å². The number of carbonyl (C=O) groups is 2. The van der Waals surface area contributed by atoms with Gasteiger partial charge in [-0.2, -0.15) is 4.31 Å². The van der Waals surface area contributed by atoms with Crippen LogP contribution in [0.25, 0.3) is 10.9 Å². The Morgan fingerprint density at radius 2 is 1.75 bits per heavy atom. The zero-order valence-electron chi connectivity index (χ0n) is 17.9. The number of pyridine rings is 1. The number of nitrogens with zero attached hydrogens (tertiary/aromatic N) is 3. The number of anilines is 1. The average Bonchev–Trinajstić information content (AvgIpc) is 2.79. The normalized spacial score (nSPS) is 15.0. The van der Waals surface area contributed by atoms with Crippen LogP contribution in [0.15, 0.2) is 59.6 Å². The van der Waals surface area contributed by atoms with Crippen LogP contribution < -0.4 is 5.32 Å². The number of aromatic nitrogens is 1. The summed E-state index contributed by atoms with van der Waals surface area (Å²) in [5.41, 5.74) is 2.65. The number of amides is 2. The molecule has 0 aliphatic carbocycles. The first-order valence-electron chi connectivity index (χ1n) is 10.3. The molecule has 1 N–H and O–H groups in total. The van der Waals surface area contributed by atoms with Crippen molar-refractivity contribution in [2.24, 2.45) is 0 Å². The van der Waals surface area contributed by atoms with Crippen LogP contribution in [0.5, 0.6) is 0 Å². The summed E-state index contributed by atoms with van der Waals surface area (Å²) in [5.74, 6) is -0.475. The molecule has 166 valence electrons. The van der Waals surface area contributed by atoms with E-state index in [-0.39, 0.29) is 29.5 Å². The third kappa shape index (κ3) is 4.35. The Labute approximate surface area is 186 Å². The Bertz CT molecular complexity index is 1300. The molecule has 1 aromatic heterocycles. The Kier molecular flexibility index (Phi) is 5.94. The number of fused-ring (bicyclic) bond motifs is 1. The molecule has 1 aliphatic rings. The Balaban J connectivity index is 1.56. The number of aryl methyl sites for hydroxylation is 1. The minimum absolute atomic E-state index is 0.0526. The van der Waals surface area contributed by atoms with E-state index in [0.717, 1.165) is 16.5 Å². The molecular formula is C23H24N4O4S. The van der Waals surface area contributed by atoms with Gasteiger partial charge in [-0.25, -0.2) is 8.42 Å². The molecule has 9 heteroatoms. The maximum Gasteiger partial charge on any atom is 0.255 e. The van der Waals surface area contributed by atoms with Crippen LogP contribution in [0.2, 0.25) is 0 Å². The zero-order chi connectivity index (χ0) is 22.9. The molecule has 1 aliphatic heterocycles. The number of nitrogens with one attached hydrogen (secondary N) is 1. The molecule has 0 unspecified atom stereocenters. The van der Waals surface area contributed by atoms with E-state index in [1.807, 2.05) is 25.1 Å². The monoisotopic (exact) mass is 452 g/mol. The van der Waals surface area contributed by atoms with E-state index in [4.69, 9.17) is 0 Å². The van der Waals surface area contributed by atoms with E-state index >= 15 is 0 Å². The number of piperazine rings is 1.